The van der Waals surface area contributed by atoms with E-state index in [2.05, 4.69) is 4.98 Å². The van der Waals surface area contributed by atoms with Gasteiger partial charge >= 0.3 is 18.1 Å². The molecule has 0 fully saturated rings. The smallest absolute Gasteiger partial charge is 0.417 e. The van der Waals surface area contributed by atoms with Gasteiger partial charge in [0.25, 0.3) is 5.56 Å². The highest BCUT2D eigenvalue weighted by Gasteiger charge is 2.31. The molecule has 168 valence electrons. The van der Waals surface area contributed by atoms with Crippen LogP contribution < -0.4 is 5.56 Å². The van der Waals surface area contributed by atoms with Crippen LogP contribution in [0.2, 0.25) is 0 Å². The van der Waals surface area contributed by atoms with Gasteiger partial charge < -0.3 is 19.0 Å². The Hall–Kier alpha value is -3.37. The number of carbonyl (C=O) groups excluding carboxylic acids is 3. The van der Waals surface area contributed by atoms with E-state index in [1.54, 1.807) is 13.8 Å². The van der Waals surface area contributed by atoms with E-state index < -0.39 is 47.7 Å². The number of rotatable bonds is 7. The number of ether oxygens (including phenoxy) is 2. The number of halogens is 3. The van der Waals surface area contributed by atoms with Crippen molar-refractivity contribution in [3.05, 3.63) is 56.8 Å². The quantitative estimate of drug-likeness (QED) is 0.522. The van der Waals surface area contributed by atoms with Crippen molar-refractivity contribution in [2.75, 3.05) is 6.61 Å². The van der Waals surface area contributed by atoms with Crippen molar-refractivity contribution >= 4 is 17.7 Å². The summed E-state index contributed by atoms with van der Waals surface area (Å²) in [4.78, 5) is 51.4. The highest BCUT2D eigenvalue weighted by molar-refractivity contribution is 6.03. The normalized spacial score (nSPS) is 12.4. The molecule has 0 aliphatic rings. The summed E-state index contributed by atoms with van der Waals surface area (Å²) in [6, 6.07) is 1.29. The van der Waals surface area contributed by atoms with Gasteiger partial charge in [-0.05, 0) is 39.3 Å². The number of hydrogen-bond acceptors (Lipinski definition) is 6. The van der Waals surface area contributed by atoms with E-state index in [-0.39, 0.29) is 17.9 Å². The van der Waals surface area contributed by atoms with E-state index >= 15 is 0 Å². The second-order valence-electron chi connectivity index (χ2n) is 6.72. The molecule has 1 N–H and O–H groups in total. The van der Waals surface area contributed by atoms with Crippen LogP contribution in [0.3, 0.4) is 0 Å². The fraction of sp³-hybridized carbons (Fsp3) is 0.400. The van der Waals surface area contributed by atoms with Crippen molar-refractivity contribution in [2.24, 2.45) is 0 Å². The summed E-state index contributed by atoms with van der Waals surface area (Å²) in [5, 5.41) is 0. The Morgan fingerprint density at radius 3 is 2.42 bits per heavy atom. The van der Waals surface area contributed by atoms with Gasteiger partial charge in [-0.15, -0.1) is 0 Å². The first-order valence-electron chi connectivity index (χ1n) is 9.24. The molecule has 2 aromatic heterocycles. The van der Waals surface area contributed by atoms with Crippen molar-refractivity contribution in [2.45, 2.75) is 46.5 Å². The minimum Gasteiger partial charge on any atom is -0.462 e. The Labute approximate surface area is 175 Å². The summed E-state index contributed by atoms with van der Waals surface area (Å²) < 4.78 is 48.9. The van der Waals surface area contributed by atoms with Crippen LogP contribution in [0.25, 0.3) is 0 Å². The first-order chi connectivity index (χ1) is 14.4. The van der Waals surface area contributed by atoms with E-state index in [0.29, 0.717) is 34.2 Å². The van der Waals surface area contributed by atoms with E-state index in [1.807, 2.05) is 0 Å². The third-order valence-electron chi connectivity index (χ3n) is 4.45. The van der Waals surface area contributed by atoms with Crippen LogP contribution in [-0.4, -0.2) is 40.0 Å². The molecule has 0 aliphatic carbocycles. The molecule has 2 heterocycles. The number of ketones is 1. The SMILES string of the molecule is CCOC(=O)c1c(C)[nH]c(C(=O)[C@@H](C)OC(=O)Cn2cc(C(F)(F)F)ccc2=O)c1C. The number of esters is 2. The lowest BCUT2D eigenvalue weighted by Gasteiger charge is -2.14. The summed E-state index contributed by atoms with van der Waals surface area (Å²) in [6.45, 7) is 5.35. The molecule has 0 radical (unpaired) electrons. The maximum absolute atomic E-state index is 12.8. The third kappa shape index (κ3) is 5.41. The molecule has 2 rings (SSSR count). The third-order valence-corrected chi connectivity index (χ3v) is 4.45. The topological polar surface area (TPSA) is 107 Å². The van der Waals surface area contributed by atoms with Gasteiger partial charge in [0.1, 0.15) is 6.54 Å². The van der Waals surface area contributed by atoms with Crippen molar-refractivity contribution in [1.29, 1.82) is 0 Å². The molecule has 0 amide bonds. The summed E-state index contributed by atoms with van der Waals surface area (Å²) >= 11 is 0. The standard InChI is InChI=1S/C20H21F3N2O6/c1-5-30-19(29)16-10(2)17(24-11(16)3)18(28)12(4)31-15(27)9-25-8-13(20(21,22)23)6-7-14(25)26/h6-8,12,24H,5,9H2,1-4H3/t12-/m1/s1. The molecule has 0 unspecified atom stereocenters. The number of H-pyrrole nitrogens is 1. The molecule has 11 heteroatoms. The minimum absolute atomic E-state index is 0.0390. The number of aryl methyl sites for hydroxylation is 1. The average molecular weight is 442 g/mol. The summed E-state index contributed by atoms with van der Waals surface area (Å²) in [5.41, 5.74) is -0.991. The number of hydrogen-bond donors (Lipinski definition) is 1. The van der Waals surface area contributed by atoms with Gasteiger partial charge in [-0.3, -0.25) is 14.4 Å². The van der Waals surface area contributed by atoms with Crippen molar-refractivity contribution in [3.63, 3.8) is 0 Å². The highest BCUT2D eigenvalue weighted by Crippen LogP contribution is 2.28. The van der Waals surface area contributed by atoms with Crippen LogP contribution in [-0.2, 0) is 27.0 Å². The molecule has 1 atom stereocenters. The van der Waals surface area contributed by atoms with Crippen LogP contribution in [0, 0.1) is 13.8 Å². The Balaban J connectivity index is 2.16. The predicted octanol–water partition coefficient (Wildman–Crippen LogP) is 2.80. The van der Waals surface area contributed by atoms with Gasteiger partial charge in [-0.2, -0.15) is 13.2 Å². The molecular weight excluding hydrogens is 421 g/mol. The second-order valence-corrected chi connectivity index (χ2v) is 6.72. The number of nitrogens with one attached hydrogen (secondary N) is 1. The number of carbonyl (C=O) groups is 3. The summed E-state index contributed by atoms with van der Waals surface area (Å²) in [5.74, 6) is -2.34. The summed E-state index contributed by atoms with van der Waals surface area (Å²) in [6.07, 6.45) is -5.51. The van der Waals surface area contributed by atoms with Gasteiger partial charge in [0, 0.05) is 18.0 Å². The van der Waals surface area contributed by atoms with Gasteiger partial charge in [0.05, 0.1) is 23.4 Å². The zero-order valence-electron chi connectivity index (χ0n) is 17.3. The predicted molar refractivity (Wildman–Crippen MR) is 102 cm³/mol. The van der Waals surface area contributed by atoms with Crippen LogP contribution in [0.15, 0.2) is 23.1 Å². The lowest BCUT2D eigenvalue weighted by atomic mass is 10.1. The molecule has 31 heavy (non-hydrogen) atoms. The number of Topliss-reactive ketones (excluding diaryl/α,β-unsaturated/α-hetero) is 1. The number of alkyl halides is 3. The van der Waals surface area contributed by atoms with Crippen molar-refractivity contribution in [3.8, 4) is 0 Å². The largest absolute Gasteiger partial charge is 0.462 e. The first kappa shape index (κ1) is 23.9. The second kappa shape index (κ2) is 9.19. The molecule has 2 aromatic rings. The van der Waals surface area contributed by atoms with E-state index in [0.717, 1.165) is 0 Å². The van der Waals surface area contributed by atoms with Crippen LogP contribution in [0.4, 0.5) is 13.2 Å². The molecule has 0 saturated heterocycles. The Morgan fingerprint density at radius 1 is 1.19 bits per heavy atom. The number of pyridine rings is 1. The highest BCUT2D eigenvalue weighted by atomic mass is 19.4. The van der Waals surface area contributed by atoms with E-state index in [4.69, 9.17) is 9.47 Å². The Kier molecular flexibility index (Phi) is 7.09. The zero-order valence-corrected chi connectivity index (χ0v) is 17.3. The maximum atomic E-state index is 12.8. The number of aromatic amines is 1. The summed E-state index contributed by atoms with van der Waals surface area (Å²) in [7, 11) is 0. The van der Waals surface area contributed by atoms with E-state index in [1.165, 1.54) is 13.8 Å². The van der Waals surface area contributed by atoms with Gasteiger partial charge in [0.2, 0.25) is 5.78 Å². The molecule has 0 bridgehead atoms. The van der Waals surface area contributed by atoms with Crippen molar-refractivity contribution < 1.29 is 37.0 Å². The van der Waals surface area contributed by atoms with Crippen LogP contribution in [0.5, 0.6) is 0 Å². The molecule has 0 saturated carbocycles. The van der Waals surface area contributed by atoms with Crippen molar-refractivity contribution in [1.82, 2.24) is 9.55 Å². The molecular formula is C20H21F3N2O6. The average Bonchev–Trinajstić information content (AvgIpc) is 2.96. The molecule has 8 nitrogen and oxygen atoms in total. The maximum Gasteiger partial charge on any atom is 0.417 e. The Bertz CT molecular complexity index is 1070. The van der Waals surface area contributed by atoms with Gasteiger partial charge in [-0.25, -0.2) is 4.79 Å². The lowest BCUT2D eigenvalue weighted by molar-refractivity contribution is -0.147. The fourth-order valence-corrected chi connectivity index (χ4v) is 2.96. The molecule has 0 aromatic carbocycles. The number of aromatic nitrogens is 2. The zero-order chi connectivity index (χ0) is 23.5. The number of nitrogens with zero attached hydrogens (tertiary/aromatic N) is 1. The fourth-order valence-electron chi connectivity index (χ4n) is 2.96. The Morgan fingerprint density at radius 2 is 1.84 bits per heavy atom. The monoisotopic (exact) mass is 442 g/mol. The minimum atomic E-state index is -4.69. The molecule has 0 aliphatic heterocycles. The van der Waals surface area contributed by atoms with Crippen LogP contribution in [0.1, 0.15) is 51.5 Å². The van der Waals surface area contributed by atoms with Gasteiger partial charge in [0.15, 0.2) is 6.10 Å². The van der Waals surface area contributed by atoms with Crippen LogP contribution >= 0.6 is 0 Å². The molecule has 0 spiro atoms. The van der Waals surface area contributed by atoms with E-state index in [9.17, 15) is 32.3 Å². The van der Waals surface area contributed by atoms with Gasteiger partial charge in [-0.1, -0.05) is 0 Å². The lowest BCUT2D eigenvalue weighted by Crippen LogP contribution is -2.30. The first-order valence-corrected chi connectivity index (χ1v) is 9.24.